The van der Waals surface area contributed by atoms with Crippen molar-refractivity contribution in [3.8, 4) is 11.8 Å². The van der Waals surface area contributed by atoms with Gasteiger partial charge >= 0.3 is 0 Å². The summed E-state index contributed by atoms with van der Waals surface area (Å²) in [5, 5.41) is 0.813. The third-order valence-corrected chi connectivity index (χ3v) is 2.97. The molecule has 0 aliphatic carbocycles. The Morgan fingerprint density at radius 1 is 1.19 bits per heavy atom. The lowest BCUT2D eigenvalue weighted by molar-refractivity contribution is 0.679. The van der Waals surface area contributed by atoms with Gasteiger partial charge in [0, 0.05) is 17.0 Å². The third-order valence-electron chi connectivity index (χ3n) is 2.55. The van der Waals surface area contributed by atoms with Crippen molar-refractivity contribution in [1.82, 2.24) is 0 Å². The average molecular weight is 235 g/mol. The largest absolute Gasteiger partial charge is 0.0979 e. The standard InChI is InChI=1S/C15H19Cl/c1-3-4-5-6-7-8-9-14-10-11-15(16)13(2)12-14/h10-12H,3-7H2,1-2H3. The Morgan fingerprint density at radius 3 is 2.69 bits per heavy atom. The molecule has 0 bridgehead atoms. The Bertz CT molecular complexity index is 382. The van der Waals surface area contributed by atoms with E-state index < -0.39 is 0 Å². The van der Waals surface area contributed by atoms with Gasteiger partial charge in [0.2, 0.25) is 0 Å². The maximum atomic E-state index is 5.95. The molecule has 0 saturated heterocycles. The smallest absolute Gasteiger partial charge is 0.0436 e. The number of unbranched alkanes of at least 4 members (excludes halogenated alkanes) is 4. The van der Waals surface area contributed by atoms with Crippen LogP contribution in [-0.2, 0) is 0 Å². The summed E-state index contributed by atoms with van der Waals surface area (Å²) in [4.78, 5) is 0. The van der Waals surface area contributed by atoms with Crippen LogP contribution in [-0.4, -0.2) is 0 Å². The van der Waals surface area contributed by atoms with Gasteiger partial charge in [-0.15, -0.1) is 0 Å². The van der Waals surface area contributed by atoms with Gasteiger partial charge in [-0.25, -0.2) is 0 Å². The minimum atomic E-state index is 0.813. The van der Waals surface area contributed by atoms with E-state index in [2.05, 4.69) is 18.8 Å². The minimum Gasteiger partial charge on any atom is -0.0979 e. The predicted molar refractivity (Wildman–Crippen MR) is 71.8 cm³/mol. The Morgan fingerprint density at radius 2 is 2.00 bits per heavy atom. The highest BCUT2D eigenvalue weighted by Gasteiger charge is 1.94. The van der Waals surface area contributed by atoms with E-state index in [0.29, 0.717) is 0 Å². The first-order chi connectivity index (χ1) is 7.74. The first-order valence-corrected chi connectivity index (χ1v) is 6.37. The number of benzene rings is 1. The van der Waals surface area contributed by atoms with E-state index >= 15 is 0 Å². The van der Waals surface area contributed by atoms with Gasteiger partial charge in [0.1, 0.15) is 0 Å². The van der Waals surface area contributed by atoms with Crippen LogP contribution in [0.5, 0.6) is 0 Å². The van der Waals surface area contributed by atoms with E-state index in [1.165, 1.54) is 25.7 Å². The molecule has 0 atom stereocenters. The summed E-state index contributed by atoms with van der Waals surface area (Å²) >= 11 is 5.95. The molecule has 0 aromatic heterocycles. The van der Waals surface area contributed by atoms with Crippen LogP contribution >= 0.6 is 11.6 Å². The van der Waals surface area contributed by atoms with E-state index in [-0.39, 0.29) is 0 Å². The third kappa shape index (κ3) is 4.73. The summed E-state index contributed by atoms with van der Waals surface area (Å²) in [5.41, 5.74) is 2.16. The highest BCUT2D eigenvalue weighted by molar-refractivity contribution is 6.31. The highest BCUT2D eigenvalue weighted by atomic mass is 35.5. The molecule has 0 unspecified atom stereocenters. The molecule has 1 aromatic carbocycles. The molecule has 1 aromatic rings. The molecule has 1 heteroatoms. The van der Waals surface area contributed by atoms with E-state index in [4.69, 9.17) is 11.6 Å². The zero-order chi connectivity index (χ0) is 11.8. The summed E-state index contributed by atoms with van der Waals surface area (Å²) in [5.74, 6) is 6.40. The van der Waals surface area contributed by atoms with Crippen molar-refractivity contribution in [2.75, 3.05) is 0 Å². The lowest BCUT2D eigenvalue weighted by Gasteiger charge is -1.97. The number of hydrogen-bond donors (Lipinski definition) is 0. The van der Waals surface area contributed by atoms with E-state index in [1.54, 1.807) is 0 Å². The normalized spacial score (nSPS) is 9.69. The average Bonchev–Trinajstić information content (AvgIpc) is 2.28. The summed E-state index contributed by atoms with van der Waals surface area (Å²) < 4.78 is 0. The Balaban J connectivity index is 2.41. The van der Waals surface area contributed by atoms with Gasteiger partial charge in [-0.1, -0.05) is 49.6 Å². The van der Waals surface area contributed by atoms with Crippen molar-refractivity contribution in [2.45, 2.75) is 46.0 Å². The Labute approximate surface area is 104 Å². The maximum absolute atomic E-state index is 5.95. The molecule has 0 aliphatic rings. The topological polar surface area (TPSA) is 0 Å². The summed E-state index contributed by atoms with van der Waals surface area (Å²) in [6.45, 7) is 4.23. The van der Waals surface area contributed by atoms with Crippen molar-refractivity contribution < 1.29 is 0 Å². The maximum Gasteiger partial charge on any atom is 0.0436 e. The van der Waals surface area contributed by atoms with Crippen LogP contribution < -0.4 is 0 Å². The zero-order valence-corrected chi connectivity index (χ0v) is 10.9. The van der Waals surface area contributed by atoms with Gasteiger partial charge in [0.05, 0.1) is 0 Å². The van der Waals surface area contributed by atoms with Gasteiger partial charge in [0.25, 0.3) is 0 Å². The summed E-state index contributed by atoms with van der Waals surface area (Å²) in [6.07, 6.45) is 6.12. The van der Waals surface area contributed by atoms with Crippen LogP contribution in [0.3, 0.4) is 0 Å². The van der Waals surface area contributed by atoms with Crippen molar-refractivity contribution in [2.24, 2.45) is 0 Å². The molecule has 0 N–H and O–H groups in total. The lowest BCUT2D eigenvalue weighted by atomic mass is 10.1. The molecule has 0 heterocycles. The van der Waals surface area contributed by atoms with Gasteiger partial charge in [-0.3, -0.25) is 0 Å². The van der Waals surface area contributed by atoms with Gasteiger partial charge < -0.3 is 0 Å². The molecule has 0 amide bonds. The first-order valence-electron chi connectivity index (χ1n) is 5.99. The number of halogens is 1. The van der Waals surface area contributed by atoms with Crippen molar-refractivity contribution in [3.63, 3.8) is 0 Å². The minimum absolute atomic E-state index is 0.813. The van der Waals surface area contributed by atoms with Gasteiger partial charge in [-0.2, -0.15) is 0 Å². The van der Waals surface area contributed by atoms with Crippen LogP contribution in [0.25, 0.3) is 0 Å². The summed E-state index contributed by atoms with van der Waals surface area (Å²) in [6, 6.07) is 5.94. The highest BCUT2D eigenvalue weighted by Crippen LogP contribution is 2.15. The van der Waals surface area contributed by atoms with Crippen LogP contribution in [0.1, 0.15) is 50.2 Å². The van der Waals surface area contributed by atoms with E-state index in [9.17, 15) is 0 Å². The molecular formula is C15H19Cl. The number of aryl methyl sites for hydroxylation is 1. The van der Waals surface area contributed by atoms with Crippen LogP contribution in [0, 0.1) is 18.8 Å². The van der Waals surface area contributed by atoms with Crippen LogP contribution in [0.15, 0.2) is 18.2 Å². The Kier molecular flexibility index (Phi) is 6.04. The van der Waals surface area contributed by atoms with Crippen molar-refractivity contribution >= 4 is 11.6 Å². The molecule has 86 valence electrons. The number of rotatable bonds is 4. The molecule has 16 heavy (non-hydrogen) atoms. The molecule has 0 fully saturated rings. The second-order valence-corrected chi connectivity index (χ2v) is 4.48. The van der Waals surface area contributed by atoms with Gasteiger partial charge in [0.15, 0.2) is 0 Å². The molecule has 0 spiro atoms. The zero-order valence-electron chi connectivity index (χ0n) is 10.1. The van der Waals surface area contributed by atoms with E-state index in [0.717, 1.165) is 22.6 Å². The fraction of sp³-hybridized carbons (Fsp3) is 0.467. The lowest BCUT2D eigenvalue weighted by Crippen LogP contribution is -1.79. The predicted octanol–water partition coefficient (Wildman–Crippen LogP) is 4.97. The van der Waals surface area contributed by atoms with Crippen molar-refractivity contribution in [1.29, 1.82) is 0 Å². The molecule has 0 saturated carbocycles. The first kappa shape index (κ1) is 13.1. The fourth-order valence-electron chi connectivity index (χ4n) is 1.53. The van der Waals surface area contributed by atoms with Crippen LogP contribution in [0.4, 0.5) is 0 Å². The second kappa shape index (κ2) is 7.36. The molecule has 0 aliphatic heterocycles. The van der Waals surface area contributed by atoms with Crippen LogP contribution in [0.2, 0.25) is 5.02 Å². The molecule has 0 radical (unpaired) electrons. The molecule has 0 nitrogen and oxygen atoms in total. The Hall–Kier alpha value is -0.930. The molecule has 1 rings (SSSR count). The molecular weight excluding hydrogens is 216 g/mol. The fourth-order valence-corrected chi connectivity index (χ4v) is 1.64. The SMILES string of the molecule is CCCCCCC#Cc1ccc(Cl)c(C)c1. The second-order valence-electron chi connectivity index (χ2n) is 4.08. The van der Waals surface area contributed by atoms with E-state index in [1.807, 2.05) is 25.1 Å². The summed E-state index contributed by atoms with van der Waals surface area (Å²) in [7, 11) is 0. The van der Waals surface area contributed by atoms with Gasteiger partial charge in [-0.05, 0) is 37.1 Å². The quantitative estimate of drug-likeness (QED) is 0.510. The van der Waals surface area contributed by atoms with Crippen molar-refractivity contribution in [3.05, 3.63) is 34.3 Å². The number of hydrogen-bond acceptors (Lipinski definition) is 0. The monoisotopic (exact) mass is 234 g/mol.